The van der Waals surface area contributed by atoms with Gasteiger partial charge < -0.3 is 28.8 Å². The molecule has 1 saturated heterocycles. The van der Waals surface area contributed by atoms with E-state index in [-0.39, 0.29) is 60.3 Å². The van der Waals surface area contributed by atoms with Crippen molar-refractivity contribution in [3.05, 3.63) is 69.1 Å². The van der Waals surface area contributed by atoms with E-state index in [1.165, 1.54) is 12.7 Å². The highest BCUT2D eigenvalue weighted by Gasteiger charge is 2.86. The van der Waals surface area contributed by atoms with Gasteiger partial charge >= 0.3 is 12.0 Å². The molecule has 57 heavy (non-hydrogen) atoms. The van der Waals surface area contributed by atoms with Gasteiger partial charge in [0.2, 0.25) is 0 Å². The smallest absolute Gasteiger partial charge is 0.333 e. The number of nitriles is 1. The van der Waals surface area contributed by atoms with Crippen LogP contribution in [-0.4, -0.2) is 71.4 Å². The van der Waals surface area contributed by atoms with E-state index in [0.717, 1.165) is 12.0 Å². The van der Waals surface area contributed by atoms with Gasteiger partial charge in [-0.3, -0.25) is 14.4 Å². The number of rotatable bonds is 14. The molecule has 3 aliphatic carbocycles. The Morgan fingerprint density at radius 3 is 2.44 bits per heavy atom. The molecule has 1 aromatic carbocycles. The van der Waals surface area contributed by atoms with Crippen LogP contribution in [0.4, 0.5) is 0 Å². The Kier molecular flexibility index (Phi) is 11.4. The van der Waals surface area contributed by atoms with E-state index in [1.807, 2.05) is 52.8 Å². The second kappa shape index (κ2) is 15.6. The van der Waals surface area contributed by atoms with E-state index in [4.69, 9.17) is 30.3 Å². The fraction of sp³-hybridized carbons (Fsp3) is 0.587. The van der Waals surface area contributed by atoms with Crippen LogP contribution in [0.5, 0.6) is 17.2 Å². The number of aliphatic hydroxyl groups excluding tert-OH is 1. The molecule has 11 nitrogen and oxygen atoms in total. The summed E-state index contributed by atoms with van der Waals surface area (Å²) in [6.45, 7) is 23.8. The van der Waals surface area contributed by atoms with E-state index in [0.29, 0.717) is 42.6 Å². The number of carbonyl (C=O) groups is 3. The van der Waals surface area contributed by atoms with E-state index in [1.54, 1.807) is 13.0 Å². The summed E-state index contributed by atoms with van der Waals surface area (Å²) in [5.41, 5.74) is -1.23. The van der Waals surface area contributed by atoms with Crippen molar-refractivity contribution in [3.8, 4) is 23.3 Å². The first-order valence-electron chi connectivity index (χ1n) is 20.1. The number of unbranched alkanes of at least 4 members (excludes halogenated alkanes) is 1. The Balaban J connectivity index is 1.68. The van der Waals surface area contributed by atoms with Crippen molar-refractivity contribution in [2.75, 3.05) is 20.3 Å². The molecule has 8 unspecified atom stereocenters. The van der Waals surface area contributed by atoms with Crippen LogP contribution in [0.25, 0.3) is 10.9 Å². The zero-order valence-corrected chi connectivity index (χ0v) is 34.7. The largest absolute Gasteiger partial charge is 0.492 e. The van der Waals surface area contributed by atoms with Crippen LogP contribution in [0.3, 0.4) is 0 Å². The summed E-state index contributed by atoms with van der Waals surface area (Å²) < 4.78 is 33.1. The van der Waals surface area contributed by atoms with Gasteiger partial charge in [-0.2, -0.15) is 5.26 Å². The molecule has 3 heterocycles. The van der Waals surface area contributed by atoms with Crippen molar-refractivity contribution in [1.82, 2.24) is 0 Å². The third-order valence-electron chi connectivity index (χ3n) is 12.7. The number of aliphatic hydroxyl groups is 1. The highest BCUT2D eigenvalue weighted by atomic mass is 16.6. The molecule has 3 aliphatic heterocycles. The van der Waals surface area contributed by atoms with Gasteiger partial charge in [-0.25, -0.2) is 11.4 Å². The lowest BCUT2D eigenvalue weighted by Gasteiger charge is -2.62. The highest BCUT2D eigenvalue weighted by Crippen LogP contribution is 2.72. The summed E-state index contributed by atoms with van der Waals surface area (Å²) in [4.78, 5) is 47.5. The topological polar surface area (TPSA) is 146 Å². The van der Waals surface area contributed by atoms with Crippen LogP contribution in [0.1, 0.15) is 115 Å². The molecule has 11 heteroatoms. The molecule has 0 amide bonds. The minimum Gasteiger partial charge on any atom is -0.492 e. The molecule has 304 valence electrons. The van der Waals surface area contributed by atoms with Crippen molar-refractivity contribution in [2.24, 2.45) is 23.7 Å². The molecular weight excluding hydrogens is 725 g/mol. The van der Waals surface area contributed by atoms with Gasteiger partial charge in [0.15, 0.2) is 28.8 Å². The van der Waals surface area contributed by atoms with Crippen LogP contribution in [0.15, 0.2) is 41.0 Å². The van der Waals surface area contributed by atoms with Crippen molar-refractivity contribution < 1.29 is 43.2 Å². The maximum absolute atomic E-state index is 15.9. The SMILES string of the molecule is [C-]#[N+]C(C#N)C1C2CC3C(C)(C)OC(C/C=C(/C)C(=O)OC)(C2=O)C32Oc3c(CC=C(C)C)c4c(c(OCCCCO)c3C(=O)C12)C=CC(C)(CCC=C(C)C)O4. The predicted molar refractivity (Wildman–Crippen MR) is 214 cm³/mol. The Hall–Kier alpha value is -4.71. The fourth-order valence-electron chi connectivity index (χ4n) is 10.1. The standard InChI is InChI=1S/C46H56N2O9/c1-26(2)14-13-19-44(8)20-18-30-38(55-44)29(16-15-27(3)4)40-35(39(30)54-23-12-11-22-49)37(50)36-34(32(25-47)48-9)31-24-33-43(6,7)57-45(41(31)51,46(33,36)56-40)21-17-28(5)42(52)53-10/h14-15,17-18,20,31-34,36,49H,11-13,16,19,21-24H2,1-8,10H3/b28-17-. The molecule has 3 saturated carbocycles. The molecule has 0 aromatic heterocycles. The third-order valence-corrected chi connectivity index (χ3v) is 12.7. The summed E-state index contributed by atoms with van der Waals surface area (Å²) in [6.07, 6.45) is 12.7. The molecule has 4 fully saturated rings. The second-order valence-electron chi connectivity index (χ2n) is 17.5. The number of nitrogens with zero attached hydrogens (tertiary/aromatic N) is 2. The van der Waals surface area contributed by atoms with Gasteiger partial charge in [0.1, 0.15) is 28.4 Å². The number of fused-ring (bicyclic) bond motifs is 2. The number of carbonyl (C=O) groups excluding carboxylic acids is 3. The second-order valence-corrected chi connectivity index (χ2v) is 17.5. The molecule has 0 radical (unpaired) electrons. The first-order chi connectivity index (χ1) is 27.0. The number of ether oxygens (including phenoxy) is 5. The molecule has 1 spiro atoms. The van der Waals surface area contributed by atoms with E-state index < -0.39 is 58.1 Å². The minimum absolute atomic E-state index is 0.0205. The number of hydrogen-bond acceptors (Lipinski definition) is 10. The Morgan fingerprint density at radius 2 is 1.81 bits per heavy atom. The quantitative estimate of drug-likeness (QED) is 0.0650. The molecule has 1 aromatic rings. The van der Waals surface area contributed by atoms with Crippen LogP contribution in [-0.2, 0) is 25.5 Å². The van der Waals surface area contributed by atoms with Gasteiger partial charge in [0.05, 0.1) is 36.7 Å². The third kappa shape index (κ3) is 6.71. The van der Waals surface area contributed by atoms with Crippen LogP contribution in [0, 0.1) is 41.6 Å². The van der Waals surface area contributed by atoms with E-state index in [2.05, 4.69) is 30.8 Å². The normalized spacial score (nSPS) is 30.4. The number of benzene rings is 1. The molecular formula is C46H56N2O9. The van der Waals surface area contributed by atoms with Crippen molar-refractivity contribution in [2.45, 2.75) is 129 Å². The number of hydrogen-bond donors (Lipinski definition) is 1. The number of methoxy groups -OCH3 is 1. The van der Waals surface area contributed by atoms with E-state index >= 15 is 9.59 Å². The molecule has 6 aliphatic rings. The predicted octanol–water partition coefficient (Wildman–Crippen LogP) is 7.89. The molecule has 8 atom stereocenters. The van der Waals surface area contributed by atoms with Gasteiger partial charge in [0.25, 0.3) is 0 Å². The van der Waals surface area contributed by atoms with Crippen molar-refractivity contribution >= 4 is 23.6 Å². The number of Topliss-reactive ketones (excluding diaryl/α,β-unsaturated/α-hetero) is 2. The van der Waals surface area contributed by atoms with Gasteiger partial charge in [-0.1, -0.05) is 29.4 Å². The van der Waals surface area contributed by atoms with E-state index in [9.17, 15) is 15.2 Å². The lowest BCUT2D eigenvalue weighted by atomic mass is 9.42. The van der Waals surface area contributed by atoms with Gasteiger partial charge in [-0.05, 0) is 106 Å². The monoisotopic (exact) mass is 780 g/mol. The summed E-state index contributed by atoms with van der Waals surface area (Å²) >= 11 is 0. The average Bonchev–Trinajstić information content (AvgIpc) is 3.30. The zero-order chi connectivity index (χ0) is 41.7. The van der Waals surface area contributed by atoms with Crippen LogP contribution < -0.4 is 14.2 Å². The lowest BCUT2D eigenvalue weighted by molar-refractivity contribution is -0.211. The molecule has 1 N–H and O–H groups in total. The fourth-order valence-corrected chi connectivity index (χ4v) is 10.1. The minimum atomic E-state index is -1.75. The molecule has 7 rings (SSSR count). The highest BCUT2D eigenvalue weighted by molar-refractivity contribution is 6.10. The van der Waals surface area contributed by atoms with Crippen molar-refractivity contribution in [1.29, 1.82) is 5.26 Å². The summed E-state index contributed by atoms with van der Waals surface area (Å²) in [5, 5.41) is 20.0. The number of ketones is 2. The summed E-state index contributed by atoms with van der Waals surface area (Å²) in [7, 11) is 1.28. The summed E-state index contributed by atoms with van der Waals surface area (Å²) in [5.74, 6) is -3.77. The number of allylic oxidation sites excluding steroid dienone is 4. The maximum Gasteiger partial charge on any atom is 0.333 e. The van der Waals surface area contributed by atoms with Crippen molar-refractivity contribution in [3.63, 3.8) is 0 Å². The Labute approximate surface area is 336 Å². The zero-order valence-electron chi connectivity index (χ0n) is 34.7. The average molecular weight is 781 g/mol. The number of esters is 1. The molecule has 4 bridgehead atoms. The maximum atomic E-state index is 15.9. The van der Waals surface area contributed by atoms with Crippen LogP contribution >= 0.6 is 0 Å². The van der Waals surface area contributed by atoms with Gasteiger partial charge in [-0.15, -0.1) is 0 Å². The van der Waals surface area contributed by atoms with Gasteiger partial charge in [0, 0.05) is 36.0 Å². The first kappa shape index (κ1) is 41.9. The first-order valence-corrected chi connectivity index (χ1v) is 20.1. The summed E-state index contributed by atoms with van der Waals surface area (Å²) in [6, 6.07) is 0.807. The Morgan fingerprint density at radius 1 is 1.09 bits per heavy atom. The Bertz CT molecular complexity index is 2040. The van der Waals surface area contributed by atoms with Crippen LogP contribution in [0.2, 0.25) is 0 Å². The lowest BCUT2D eigenvalue weighted by Crippen LogP contribution is -2.79.